The molecule has 0 aliphatic heterocycles. The molecule has 0 saturated heterocycles. The zero-order valence-electron chi connectivity index (χ0n) is 9.40. The van der Waals surface area contributed by atoms with E-state index >= 15 is 0 Å². The van der Waals surface area contributed by atoms with Crippen LogP contribution in [-0.4, -0.2) is 6.21 Å². The van der Waals surface area contributed by atoms with Crippen LogP contribution in [0.25, 0.3) is 0 Å². The summed E-state index contributed by atoms with van der Waals surface area (Å²) in [5, 5.41) is 4.22. The lowest BCUT2D eigenvalue weighted by Crippen LogP contribution is -1.91. The quantitative estimate of drug-likeness (QED) is 0.629. The fraction of sp³-hybridized carbons (Fsp3) is 0.154. The molecule has 2 rings (SSSR count). The van der Waals surface area contributed by atoms with E-state index in [9.17, 15) is 0 Å². The first-order valence-electron chi connectivity index (χ1n) is 5.17. The van der Waals surface area contributed by atoms with E-state index < -0.39 is 0 Å². The van der Waals surface area contributed by atoms with Crippen molar-refractivity contribution in [2.24, 2.45) is 5.10 Å². The minimum atomic E-state index is 1.05. The maximum absolute atomic E-state index is 4.22. The molecular weight excluding hydrogens is 216 g/mol. The van der Waals surface area contributed by atoms with Gasteiger partial charge >= 0.3 is 0 Å². The lowest BCUT2D eigenvalue weighted by molar-refractivity contribution is 1.31. The van der Waals surface area contributed by atoms with E-state index in [4.69, 9.17) is 0 Å². The average molecular weight is 230 g/mol. The molecule has 0 fully saturated rings. The van der Waals surface area contributed by atoms with Crippen molar-refractivity contribution < 1.29 is 0 Å². The number of thiophene rings is 1. The highest BCUT2D eigenvalue weighted by Crippen LogP contribution is 2.14. The van der Waals surface area contributed by atoms with Crippen LogP contribution in [0.2, 0.25) is 0 Å². The number of para-hydroxylation sites is 1. The van der Waals surface area contributed by atoms with Gasteiger partial charge in [-0.15, -0.1) is 11.3 Å². The van der Waals surface area contributed by atoms with Crippen LogP contribution in [0, 0.1) is 13.8 Å². The van der Waals surface area contributed by atoms with Crippen LogP contribution >= 0.6 is 11.3 Å². The molecule has 0 saturated carbocycles. The van der Waals surface area contributed by atoms with Crippen molar-refractivity contribution >= 4 is 23.2 Å². The van der Waals surface area contributed by atoms with Crippen LogP contribution in [0.5, 0.6) is 0 Å². The highest BCUT2D eigenvalue weighted by Gasteiger charge is 1.94. The average Bonchev–Trinajstić information content (AvgIpc) is 2.67. The molecule has 0 atom stereocenters. The summed E-state index contributed by atoms with van der Waals surface area (Å²) in [6, 6.07) is 12.3. The molecule has 82 valence electrons. The van der Waals surface area contributed by atoms with Gasteiger partial charge in [0, 0.05) is 9.75 Å². The minimum absolute atomic E-state index is 1.05. The molecule has 0 aliphatic carbocycles. The van der Waals surface area contributed by atoms with E-state index in [0.717, 1.165) is 5.69 Å². The predicted molar refractivity (Wildman–Crippen MR) is 71.5 cm³/mol. The molecule has 16 heavy (non-hydrogen) atoms. The Morgan fingerprint density at radius 1 is 1.12 bits per heavy atom. The number of benzene rings is 1. The molecule has 2 aromatic rings. The van der Waals surface area contributed by atoms with E-state index in [1.807, 2.05) is 24.4 Å². The standard InChI is InChI=1S/C13H14N2S/c1-10-5-3-4-6-13(10)15-14-9-12-8-7-11(2)16-12/h3-9,15H,1-2H3. The van der Waals surface area contributed by atoms with Crippen LogP contribution in [0.4, 0.5) is 5.69 Å². The Morgan fingerprint density at radius 3 is 2.62 bits per heavy atom. The molecular formula is C13H14N2S. The van der Waals surface area contributed by atoms with Crippen molar-refractivity contribution in [3.05, 3.63) is 51.7 Å². The number of nitrogens with one attached hydrogen (secondary N) is 1. The molecule has 2 nitrogen and oxygen atoms in total. The normalized spacial score (nSPS) is 10.9. The number of hydrogen-bond acceptors (Lipinski definition) is 3. The number of hydrazone groups is 1. The maximum Gasteiger partial charge on any atom is 0.0644 e. The van der Waals surface area contributed by atoms with Crippen LogP contribution in [0.3, 0.4) is 0 Å². The van der Waals surface area contributed by atoms with Gasteiger partial charge < -0.3 is 0 Å². The van der Waals surface area contributed by atoms with Gasteiger partial charge in [-0.1, -0.05) is 18.2 Å². The van der Waals surface area contributed by atoms with Gasteiger partial charge in [0.15, 0.2) is 0 Å². The summed E-state index contributed by atoms with van der Waals surface area (Å²) >= 11 is 1.74. The highest BCUT2D eigenvalue weighted by molar-refractivity contribution is 7.13. The zero-order chi connectivity index (χ0) is 11.4. The predicted octanol–water partition coefficient (Wildman–Crippen LogP) is 3.81. The summed E-state index contributed by atoms with van der Waals surface area (Å²) in [5.41, 5.74) is 5.29. The molecule has 0 aliphatic rings. The first-order valence-corrected chi connectivity index (χ1v) is 5.98. The molecule has 1 aromatic heterocycles. The summed E-state index contributed by atoms with van der Waals surface area (Å²) in [6.07, 6.45) is 1.85. The zero-order valence-corrected chi connectivity index (χ0v) is 10.2. The van der Waals surface area contributed by atoms with E-state index in [-0.39, 0.29) is 0 Å². The summed E-state index contributed by atoms with van der Waals surface area (Å²) in [5.74, 6) is 0. The van der Waals surface area contributed by atoms with E-state index in [0.29, 0.717) is 0 Å². The Bertz CT molecular complexity index is 500. The fourth-order valence-electron chi connectivity index (χ4n) is 1.39. The first kappa shape index (κ1) is 10.9. The lowest BCUT2D eigenvalue weighted by atomic mass is 10.2. The van der Waals surface area contributed by atoms with Crippen molar-refractivity contribution in [2.75, 3.05) is 5.43 Å². The number of aryl methyl sites for hydroxylation is 2. The van der Waals surface area contributed by atoms with Gasteiger partial charge in [-0.05, 0) is 37.6 Å². The fourth-order valence-corrected chi connectivity index (χ4v) is 2.14. The number of anilines is 1. The molecule has 3 heteroatoms. The molecule has 0 radical (unpaired) electrons. The molecule has 0 bridgehead atoms. The van der Waals surface area contributed by atoms with E-state index in [2.05, 4.69) is 42.6 Å². The van der Waals surface area contributed by atoms with Crippen molar-refractivity contribution in [1.29, 1.82) is 0 Å². The van der Waals surface area contributed by atoms with E-state index in [1.165, 1.54) is 15.3 Å². The van der Waals surface area contributed by atoms with Crippen LogP contribution in [-0.2, 0) is 0 Å². The Balaban J connectivity index is 2.02. The van der Waals surface area contributed by atoms with Crippen LogP contribution < -0.4 is 5.43 Å². The monoisotopic (exact) mass is 230 g/mol. The summed E-state index contributed by atoms with van der Waals surface area (Å²) < 4.78 is 0. The Kier molecular flexibility index (Phi) is 3.37. The third-order valence-electron chi connectivity index (χ3n) is 2.28. The largest absolute Gasteiger partial charge is 0.278 e. The SMILES string of the molecule is Cc1ccc(C=NNc2ccccc2C)s1. The van der Waals surface area contributed by atoms with Gasteiger partial charge in [0.25, 0.3) is 0 Å². The van der Waals surface area contributed by atoms with Crippen LogP contribution in [0.15, 0.2) is 41.5 Å². The summed E-state index contributed by atoms with van der Waals surface area (Å²) in [6.45, 7) is 4.16. The van der Waals surface area contributed by atoms with Crippen molar-refractivity contribution in [3.63, 3.8) is 0 Å². The lowest BCUT2D eigenvalue weighted by Gasteiger charge is -2.02. The third kappa shape index (κ3) is 2.70. The Morgan fingerprint density at radius 2 is 1.94 bits per heavy atom. The van der Waals surface area contributed by atoms with Crippen LogP contribution in [0.1, 0.15) is 15.3 Å². The van der Waals surface area contributed by atoms with Gasteiger partial charge in [-0.3, -0.25) is 5.43 Å². The van der Waals surface area contributed by atoms with Crippen molar-refractivity contribution in [3.8, 4) is 0 Å². The van der Waals surface area contributed by atoms with Crippen molar-refractivity contribution in [1.82, 2.24) is 0 Å². The van der Waals surface area contributed by atoms with Gasteiger partial charge in [0.2, 0.25) is 0 Å². The van der Waals surface area contributed by atoms with Gasteiger partial charge in [-0.2, -0.15) is 5.10 Å². The summed E-state index contributed by atoms with van der Waals surface area (Å²) in [4.78, 5) is 2.47. The molecule has 1 heterocycles. The number of rotatable bonds is 3. The molecule has 0 spiro atoms. The smallest absolute Gasteiger partial charge is 0.0644 e. The van der Waals surface area contributed by atoms with E-state index in [1.54, 1.807) is 11.3 Å². The Hall–Kier alpha value is -1.61. The second-order valence-electron chi connectivity index (χ2n) is 3.63. The topological polar surface area (TPSA) is 24.4 Å². The maximum atomic E-state index is 4.22. The third-order valence-corrected chi connectivity index (χ3v) is 3.22. The molecule has 1 N–H and O–H groups in total. The summed E-state index contributed by atoms with van der Waals surface area (Å²) in [7, 11) is 0. The molecule has 0 amide bonds. The first-order chi connectivity index (χ1) is 7.75. The van der Waals surface area contributed by atoms with Gasteiger partial charge in [0.05, 0.1) is 11.9 Å². The Labute approximate surface area is 99.6 Å². The van der Waals surface area contributed by atoms with Crippen molar-refractivity contribution in [2.45, 2.75) is 13.8 Å². The second kappa shape index (κ2) is 4.94. The minimum Gasteiger partial charge on any atom is -0.278 e. The second-order valence-corrected chi connectivity index (χ2v) is 4.95. The van der Waals surface area contributed by atoms with Gasteiger partial charge in [-0.25, -0.2) is 0 Å². The number of hydrogen-bond donors (Lipinski definition) is 1. The number of nitrogens with zero attached hydrogens (tertiary/aromatic N) is 1. The molecule has 0 unspecified atom stereocenters. The van der Waals surface area contributed by atoms with Gasteiger partial charge in [0.1, 0.15) is 0 Å². The molecule has 1 aromatic carbocycles. The highest BCUT2D eigenvalue weighted by atomic mass is 32.1.